The molecule has 0 radical (unpaired) electrons. The van der Waals surface area contributed by atoms with E-state index in [9.17, 15) is 9.59 Å². The van der Waals surface area contributed by atoms with Gasteiger partial charge in [-0.15, -0.1) is 0 Å². The van der Waals surface area contributed by atoms with E-state index in [1.54, 1.807) is 36.4 Å². The quantitative estimate of drug-likeness (QED) is 0.365. The number of carbonyl (C=O) groups excluding carboxylic acids is 1. The van der Waals surface area contributed by atoms with E-state index in [1.165, 1.54) is 6.26 Å². The number of ether oxygens (including phenoxy) is 1. The summed E-state index contributed by atoms with van der Waals surface area (Å²) in [6.45, 7) is 3.73. The summed E-state index contributed by atoms with van der Waals surface area (Å²) in [7, 11) is 0. The smallest absolute Gasteiger partial charge is 0.379 e. The molecule has 0 amide bonds. The van der Waals surface area contributed by atoms with E-state index in [0.717, 1.165) is 16.5 Å². The summed E-state index contributed by atoms with van der Waals surface area (Å²) in [6.07, 6.45) is 1.45. The molecule has 0 atom stereocenters. The average Bonchev–Trinajstić information content (AvgIpc) is 3.40. The van der Waals surface area contributed by atoms with Crippen LogP contribution in [-0.2, 0) is 0 Å². The summed E-state index contributed by atoms with van der Waals surface area (Å²) in [4.78, 5) is 26.1. The van der Waals surface area contributed by atoms with Crippen molar-refractivity contribution in [1.82, 2.24) is 0 Å². The minimum atomic E-state index is -0.796. The molecule has 148 valence electrons. The number of hydrogen-bond acceptors (Lipinski definition) is 6. The molecule has 0 bridgehead atoms. The van der Waals surface area contributed by atoms with Crippen molar-refractivity contribution in [2.45, 2.75) is 13.8 Å². The van der Waals surface area contributed by atoms with Crippen LogP contribution < -0.4 is 10.2 Å². The maximum absolute atomic E-state index is 13.3. The van der Waals surface area contributed by atoms with Crippen molar-refractivity contribution in [3.05, 3.63) is 88.0 Å². The summed E-state index contributed by atoms with van der Waals surface area (Å²) < 4.78 is 22.5. The van der Waals surface area contributed by atoms with E-state index >= 15 is 0 Å². The van der Waals surface area contributed by atoms with Crippen LogP contribution >= 0.6 is 0 Å². The second-order valence-corrected chi connectivity index (χ2v) is 7.06. The molecule has 0 N–H and O–H groups in total. The standard InChI is InChI=1S/C24H16O6/c1-13-10-14(2)21-16(11-13)20(25)23(22(29-21)18-8-5-9-27-18)30-24(26)19-12-15-6-3-4-7-17(15)28-19/h3-12H,1-2H3. The number of para-hydroxylation sites is 1. The molecule has 0 saturated heterocycles. The monoisotopic (exact) mass is 400 g/mol. The van der Waals surface area contributed by atoms with Crippen molar-refractivity contribution >= 4 is 27.9 Å². The fraction of sp³-hybridized carbons (Fsp3) is 0.0833. The van der Waals surface area contributed by atoms with Gasteiger partial charge in [-0.3, -0.25) is 4.79 Å². The Morgan fingerprint density at radius 3 is 2.57 bits per heavy atom. The van der Waals surface area contributed by atoms with Gasteiger partial charge in [0.05, 0.1) is 11.6 Å². The molecule has 6 heteroatoms. The highest BCUT2D eigenvalue weighted by Crippen LogP contribution is 2.33. The number of hydrogen-bond donors (Lipinski definition) is 0. The zero-order chi connectivity index (χ0) is 20.8. The highest BCUT2D eigenvalue weighted by molar-refractivity contribution is 5.95. The van der Waals surface area contributed by atoms with Crippen molar-refractivity contribution in [3.8, 4) is 17.3 Å². The molecule has 3 heterocycles. The van der Waals surface area contributed by atoms with Gasteiger partial charge in [0.15, 0.2) is 5.76 Å². The van der Waals surface area contributed by atoms with Crippen molar-refractivity contribution in [3.63, 3.8) is 0 Å². The number of aryl methyl sites for hydroxylation is 2. The second-order valence-electron chi connectivity index (χ2n) is 7.06. The van der Waals surface area contributed by atoms with Crippen LogP contribution in [0.25, 0.3) is 33.5 Å². The number of carbonyl (C=O) groups is 1. The van der Waals surface area contributed by atoms with Crippen LogP contribution in [-0.4, -0.2) is 5.97 Å². The Labute approximate surface area is 170 Å². The molecule has 0 unspecified atom stereocenters. The molecule has 0 fully saturated rings. The first kappa shape index (κ1) is 18.0. The third kappa shape index (κ3) is 2.90. The molecule has 5 aromatic rings. The molecule has 3 aromatic heterocycles. The number of rotatable bonds is 3. The summed E-state index contributed by atoms with van der Waals surface area (Å²) in [6, 6.07) is 15.7. The average molecular weight is 400 g/mol. The van der Waals surface area contributed by atoms with Gasteiger partial charge >= 0.3 is 5.97 Å². The molecule has 5 rings (SSSR count). The van der Waals surface area contributed by atoms with Crippen LogP contribution in [0.4, 0.5) is 0 Å². The Morgan fingerprint density at radius 2 is 1.80 bits per heavy atom. The highest BCUT2D eigenvalue weighted by Gasteiger charge is 2.25. The lowest BCUT2D eigenvalue weighted by Gasteiger charge is -2.10. The Hall–Kier alpha value is -4.06. The van der Waals surface area contributed by atoms with Gasteiger partial charge in [-0.1, -0.05) is 24.3 Å². The van der Waals surface area contributed by atoms with Gasteiger partial charge in [-0.05, 0) is 55.3 Å². The van der Waals surface area contributed by atoms with Gasteiger partial charge in [-0.25, -0.2) is 4.79 Å². The minimum absolute atomic E-state index is 0.0125. The van der Waals surface area contributed by atoms with Crippen molar-refractivity contribution in [2.24, 2.45) is 0 Å². The summed E-state index contributed by atoms with van der Waals surface area (Å²) in [5.41, 5.74) is 2.20. The lowest BCUT2D eigenvalue weighted by Crippen LogP contribution is -2.16. The Bertz CT molecular complexity index is 1430. The van der Waals surface area contributed by atoms with Crippen LogP contribution in [0, 0.1) is 13.8 Å². The van der Waals surface area contributed by atoms with Crippen LogP contribution in [0.2, 0.25) is 0 Å². The number of esters is 1. The lowest BCUT2D eigenvalue weighted by atomic mass is 10.1. The molecule has 2 aromatic carbocycles. The Balaban J connectivity index is 1.68. The Kier molecular flexibility index (Phi) is 4.06. The first-order valence-corrected chi connectivity index (χ1v) is 9.34. The first-order chi connectivity index (χ1) is 14.5. The summed E-state index contributed by atoms with van der Waals surface area (Å²) in [5, 5.41) is 1.09. The largest absolute Gasteiger partial charge is 0.461 e. The highest BCUT2D eigenvalue weighted by atomic mass is 16.6. The van der Waals surface area contributed by atoms with Crippen LogP contribution in [0.15, 0.2) is 78.9 Å². The van der Waals surface area contributed by atoms with Crippen molar-refractivity contribution in [1.29, 1.82) is 0 Å². The van der Waals surface area contributed by atoms with Crippen LogP contribution in [0.1, 0.15) is 21.7 Å². The SMILES string of the molecule is Cc1cc(C)c2oc(-c3ccco3)c(OC(=O)c3cc4ccccc4o3)c(=O)c2c1. The molecular formula is C24H16O6. The zero-order valence-electron chi connectivity index (χ0n) is 16.2. The third-order valence-corrected chi connectivity index (χ3v) is 4.85. The van der Waals surface area contributed by atoms with Crippen molar-refractivity contribution in [2.75, 3.05) is 0 Å². The molecule has 0 saturated carbocycles. The van der Waals surface area contributed by atoms with Gasteiger partial charge in [0.25, 0.3) is 0 Å². The molecule has 30 heavy (non-hydrogen) atoms. The fourth-order valence-corrected chi connectivity index (χ4v) is 3.52. The van der Waals surface area contributed by atoms with E-state index in [4.69, 9.17) is 18.0 Å². The van der Waals surface area contributed by atoms with Gasteiger partial charge in [0.1, 0.15) is 11.2 Å². The molecule has 0 spiro atoms. The zero-order valence-corrected chi connectivity index (χ0v) is 16.2. The normalized spacial score (nSPS) is 11.3. The molecular weight excluding hydrogens is 384 g/mol. The minimum Gasteiger partial charge on any atom is -0.461 e. The van der Waals surface area contributed by atoms with Gasteiger partial charge in [0, 0.05) is 5.39 Å². The molecule has 0 aliphatic carbocycles. The topological polar surface area (TPSA) is 82.8 Å². The van der Waals surface area contributed by atoms with E-state index in [1.807, 2.05) is 32.0 Å². The molecule has 0 aliphatic rings. The van der Waals surface area contributed by atoms with Crippen LogP contribution in [0.5, 0.6) is 5.75 Å². The summed E-state index contributed by atoms with van der Waals surface area (Å²) >= 11 is 0. The fourth-order valence-electron chi connectivity index (χ4n) is 3.52. The van der Waals surface area contributed by atoms with E-state index in [-0.39, 0.29) is 23.0 Å². The lowest BCUT2D eigenvalue weighted by molar-refractivity contribution is 0.0700. The maximum Gasteiger partial charge on any atom is 0.379 e. The maximum atomic E-state index is 13.3. The molecule has 6 nitrogen and oxygen atoms in total. The number of fused-ring (bicyclic) bond motifs is 2. The third-order valence-electron chi connectivity index (χ3n) is 4.85. The van der Waals surface area contributed by atoms with Crippen molar-refractivity contribution < 1.29 is 22.8 Å². The molecule has 0 aliphatic heterocycles. The van der Waals surface area contributed by atoms with Crippen LogP contribution in [0.3, 0.4) is 0 Å². The predicted molar refractivity (Wildman–Crippen MR) is 111 cm³/mol. The van der Waals surface area contributed by atoms with E-state index in [2.05, 4.69) is 0 Å². The first-order valence-electron chi connectivity index (χ1n) is 9.34. The second kappa shape index (κ2) is 6.77. The van der Waals surface area contributed by atoms with E-state index in [0.29, 0.717) is 16.6 Å². The summed E-state index contributed by atoms with van der Waals surface area (Å²) in [5.74, 6) is -0.722. The van der Waals surface area contributed by atoms with E-state index < -0.39 is 11.4 Å². The predicted octanol–water partition coefficient (Wildman–Crippen LogP) is 5.64. The van der Waals surface area contributed by atoms with Gasteiger partial charge in [0.2, 0.25) is 22.7 Å². The van der Waals surface area contributed by atoms with Gasteiger partial charge < -0.3 is 18.0 Å². The number of furan rings is 2. The van der Waals surface area contributed by atoms with Gasteiger partial charge in [-0.2, -0.15) is 0 Å². The number of benzene rings is 2. The Morgan fingerprint density at radius 1 is 0.967 bits per heavy atom.